The second kappa shape index (κ2) is 36.6. The first-order valence-electron chi connectivity index (χ1n) is 14.9. The van der Waals surface area contributed by atoms with Gasteiger partial charge in [-0.25, -0.2) is 0 Å². The molecule has 1 fully saturated rings. The molecular formula is C32H60Cl2O2. The quantitative estimate of drug-likeness (QED) is 0.138. The Balaban J connectivity index is -0.000000409. The fourth-order valence-electron chi connectivity index (χ4n) is 3.94. The molecule has 214 valence electrons. The number of carbonyl (C=O) groups is 2. The van der Waals surface area contributed by atoms with Gasteiger partial charge in [-0.3, -0.25) is 9.59 Å². The van der Waals surface area contributed by atoms with Gasteiger partial charge in [0.2, 0.25) is 0 Å². The number of rotatable bonds is 12. The van der Waals surface area contributed by atoms with Crippen molar-refractivity contribution in [3.63, 3.8) is 0 Å². The Morgan fingerprint density at radius 1 is 0.833 bits per heavy atom. The van der Waals surface area contributed by atoms with Crippen LogP contribution in [0.4, 0.5) is 0 Å². The summed E-state index contributed by atoms with van der Waals surface area (Å²) < 4.78 is 0. The Morgan fingerprint density at radius 2 is 1.39 bits per heavy atom. The van der Waals surface area contributed by atoms with Crippen LogP contribution in [-0.4, -0.2) is 16.9 Å². The number of ketones is 2. The van der Waals surface area contributed by atoms with Gasteiger partial charge in [0, 0.05) is 19.3 Å². The zero-order valence-electron chi connectivity index (χ0n) is 24.4. The van der Waals surface area contributed by atoms with E-state index >= 15 is 0 Å². The molecular weight excluding hydrogens is 487 g/mol. The predicted octanol–water partition coefficient (Wildman–Crippen LogP) is 11.8. The van der Waals surface area contributed by atoms with Crippen LogP contribution in [0.1, 0.15) is 156 Å². The van der Waals surface area contributed by atoms with E-state index in [9.17, 15) is 9.59 Å². The topological polar surface area (TPSA) is 34.1 Å². The molecule has 1 saturated carbocycles. The molecule has 0 aromatic rings. The van der Waals surface area contributed by atoms with Crippen LogP contribution in [0.15, 0.2) is 24.8 Å². The van der Waals surface area contributed by atoms with Crippen LogP contribution in [0.5, 0.6) is 0 Å². The normalized spacial score (nSPS) is 16.1. The average molecular weight is 548 g/mol. The van der Waals surface area contributed by atoms with Gasteiger partial charge in [-0.05, 0) is 44.1 Å². The van der Waals surface area contributed by atoms with Crippen LogP contribution in [0.2, 0.25) is 0 Å². The zero-order chi connectivity index (χ0) is 27.7. The molecule has 1 unspecified atom stereocenters. The number of halogens is 2. The van der Waals surface area contributed by atoms with Gasteiger partial charge in [-0.2, -0.15) is 0 Å². The van der Waals surface area contributed by atoms with Crippen molar-refractivity contribution in [1.29, 1.82) is 0 Å². The van der Waals surface area contributed by atoms with Gasteiger partial charge in [-0.15, -0.1) is 29.8 Å². The Labute approximate surface area is 236 Å². The van der Waals surface area contributed by atoms with Crippen LogP contribution < -0.4 is 0 Å². The van der Waals surface area contributed by atoms with Crippen LogP contribution in [0, 0.1) is 5.92 Å². The van der Waals surface area contributed by atoms with Crippen molar-refractivity contribution in [1.82, 2.24) is 0 Å². The molecule has 0 radical (unpaired) electrons. The predicted molar refractivity (Wildman–Crippen MR) is 164 cm³/mol. The maximum atomic E-state index is 11.2. The first kappa shape index (κ1) is 39.9. The molecule has 2 nitrogen and oxygen atoms in total. The summed E-state index contributed by atoms with van der Waals surface area (Å²) in [5.41, 5.74) is 0. The van der Waals surface area contributed by atoms with Gasteiger partial charge < -0.3 is 0 Å². The third-order valence-electron chi connectivity index (χ3n) is 6.12. The third kappa shape index (κ3) is 37.9. The highest BCUT2D eigenvalue weighted by molar-refractivity contribution is 6.40. The van der Waals surface area contributed by atoms with Crippen molar-refractivity contribution in [3.8, 4) is 0 Å². The van der Waals surface area contributed by atoms with E-state index in [1.165, 1.54) is 89.9 Å². The zero-order valence-corrected chi connectivity index (χ0v) is 26.0. The van der Waals surface area contributed by atoms with E-state index in [1.807, 2.05) is 12.2 Å². The Morgan fingerprint density at radius 3 is 1.75 bits per heavy atom. The minimum absolute atomic E-state index is 0.194. The molecule has 36 heavy (non-hydrogen) atoms. The number of carbonyl (C=O) groups excluding carboxylic acids is 2. The first-order valence-corrected chi connectivity index (χ1v) is 16.0. The van der Waals surface area contributed by atoms with Crippen LogP contribution in [0.25, 0.3) is 0 Å². The van der Waals surface area contributed by atoms with Gasteiger partial charge in [0.15, 0.2) is 5.78 Å². The number of unbranched alkanes of at least 4 members (excludes halogenated alkanes) is 9. The highest BCUT2D eigenvalue weighted by Crippen LogP contribution is 2.26. The van der Waals surface area contributed by atoms with E-state index < -0.39 is 0 Å². The summed E-state index contributed by atoms with van der Waals surface area (Å²) in [5, 5.41) is 0.194. The summed E-state index contributed by atoms with van der Waals surface area (Å²) in [6.45, 7) is 12.5. The summed E-state index contributed by atoms with van der Waals surface area (Å²) in [6.07, 6.45) is 30.1. The van der Waals surface area contributed by atoms with Crippen molar-refractivity contribution in [3.05, 3.63) is 24.8 Å². The monoisotopic (exact) mass is 546 g/mol. The van der Waals surface area contributed by atoms with Gasteiger partial charge in [0.25, 0.3) is 0 Å². The van der Waals surface area contributed by atoms with Crippen molar-refractivity contribution in [2.45, 2.75) is 156 Å². The molecule has 0 heterocycles. The Bertz CT molecular complexity index is 485. The van der Waals surface area contributed by atoms with Gasteiger partial charge in [0.05, 0.1) is 5.34 Å². The number of alkyl halides is 2. The average Bonchev–Trinajstić information content (AvgIpc) is 2.88. The van der Waals surface area contributed by atoms with E-state index in [0.29, 0.717) is 5.78 Å². The lowest BCUT2D eigenvalue weighted by Crippen LogP contribution is -2.14. The van der Waals surface area contributed by atoms with Gasteiger partial charge in [-0.1, -0.05) is 117 Å². The van der Waals surface area contributed by atoms with E-state index in [-0.39, 0.29) is 11.1 Å². The molecule has 0 aromatic heterocycles. The molecule has 0 saturated heterocycles. The smallest absolute Gasteiger partial charge is 0.155 e. The Kier molecular flexibility index (Phi) is 40.5. The number of hydrogen-bond acceptors (Lipinski definition) is 2. The molecule has 1 atom stereocenters. The fraction of sp³-hybridized carbons (Fsp3) is 0.812. The van der Waals surface area contributed by atoms with E-state index in [2.05, 4.69) is 34.3 Å². The lowest BCUT2D eigenvalue weighted by atomic mass is 9.85. The van der Waals surface area contributed by atoms with Crippen LogP contribution in [0.3, 0.4) is 0 Å². The molecule has 4 heteroatoms. The summed E-state index contributed by atoms with van der Waals surface area (Å²) in [4.78, 5) is 21.5. The van der Waals surface area contributed by atoms with Gasteiger partial charge >= 0.3 is 0 Å². The maximum Gasteiger partial charge on any atom is 0.155 e. The largest absolute Gasteiger partial charge is 0.300 e. The Hall–Kier alpha value is -0.600. The van der Waals surface area contributed by atoms with Crippen molar-refractivity contribution >= 4 is 34.8 Å². The van der Waals surface area contributed by atoms with Crippen LogP contribution >= 0.6 is 23.2 Å². The van der Waals surface area contributed by atoms with E-state index in [0.717, 1.165) is 44.4 Å². The summed E-state index contributed by atoms with van der Waals surface area (Å²) >= 11 is 9.53. The maximum absolute atomic E-state index is 11.2. The van der Waals surface area contributed by atoms with E-state index in [1.54, 1.807) is 6.08 Å². The molecule has 0 amide bonds. The lowest BCUT2D eigenvalue weighted by Gasteiger charge is -2.20. The fourth-order valence-corrected chi connectivity index (χ4v) is 3.94. The second-order valence-corrected chi connectivity index (χ2v) is 10.5. The SMILES string of the molecule is C=CCCCC.CCCCCCC.CCCCCCC1CCCC(=O)C1.ClCCl.O=C1C=CCCC1. The minimum atomic E-state index is 0.194. The minimum Gasteiger partial charge on any atom is -0.300 e. The van der Waals surface area contributed by atoms with Crippen molar-refractivity contribution in [2.75, 3.05) is 5.34 Å². The first-order chi connectivity index (χ1) is 17.5. The highest BCUT2D eigenvalue weighted by Gasteiger charge is 2.18. The standard InChI is InChI=1S/C12H22O.C7H16.C6H8O.C6H12.CH2Cl2/c1-2-3-4-5-7-11-8-6-9-12(13)10-11;1-3-5-7-6-4-2;7-6-4-2-1-3-5-6;1-3-5-6-4-2;2-1-3/h11H,2-10H2,1H3;3-7H2,1-2H3;2,4H,1,3,5H2;3H,1,4-6H2,2H3;1H2. The molecule has 0 N–H and O–H groups in total. The third-order valence-corrected chi connectivity index (χ3v) is 6.12. The summed E-state index contributed by atoms with van der Waals surface area (Å²) in [5.74, 6) is 1.52. The molecule has 0 aromatic carbocycles. The molecule has 2 aliphatic carbocycles. The molecule has 0 spiro atoms. The lowest BCUT2D eigenvalue weighted by molar-refractivity contribution is -0.121. The molecule has 0 aliphatic heterocycles. The molecule has 2 aliphatic rings. The number of hydrogen-bond donors (Lipinski definition) is 0. The van der Waals surface area contributed by atoms with Crippen molar-refractivity contribution in [2.24, 2.45) is 5.92 Å². The highest BCUT2D eigenvalue weighted by atomic mass is 35.5. The van der Waals surface area contributed by atoms with E-state index in [4.69, 9.17) is 23.2 Å². The summed E-state index contributed by atoms with van der Waals surface area (Å²) in [6, 6.07) is 0. The second-order valence-electron chi connectivity index (χ2n) is 9.70. The number of Topliss-reactive ketones (excluding diaryl/α,β-unsaturated/α-hetero) is 1. The number of allylic oxidation sites excluding steroid dienone is 3. The summed E-state index contributed by atoms with van der Waals surface area (Å²) in [7, 11) is 0. The molecule has 0 bridgehead atoms. The van der Waals surface area contributed by atoms with Crippen molar-refractivity contribution < 1.29 is 9.59 Å². The van der Waals surface area contributed by atoms with Crippen LogP contribution in [-0.2, 0) is 9.59 Å². The molecule has 2 rings (SSSR count). The van der Waals surface area contributed by atoms with Gasteiger partial charge in [0.1, 0.15) is 5.78 Å².